The summed E-state index contributed by atoms with van der Waals surface area (Å²) in [6, 6.07) is 24.0. The molecule has 2 heterocycles. The van der Waals surface area contributed by atoms with Crippen LogP contribution in [-0.4, -0.2) is 31.4 Å². The van der Waals surface area contributed by atoms with Gasteiger partial charge in [0, 0.05) is 5.69 Å². The van der Waals surface area contributed by atoms with E-state index in [-0.39, 0.29) is 17.8 Å². The maximum absolute atomic E-state index is 12.8. The van der Waals surface area contributed by atoms with Crippen LogP contribution in [0, 0.1) is 6.92 Å². The third kappa shape index (κ3) is 5.74. The van der Waals surface area contributed by atoms with Crippen LogP contribution in [-0.2, 0) is 4.79 Å². The molecule has 0 fully saturated rings. The summed E-state index contributed by atoms with van der Waals surface area (Å²) in [7, 11) is 0. The molecule has 194 valence electrons. The first-order valence-electron chi connectivity index (χ1n) is 12.4. The summed E-state index contributed by atoms with van der Waals surface area (Å²) in [4.78, 5) is 17.4. The Labute approximate surface area is 230 Å². The molecule has 7 nitrogen and oxygen atoms in total. The Kier molecular flexibility index (Phi) is 7.76. The summed E-state index contributed by atoms with van der Waals surface area (Å²) >= 11 is 2.80. The normalized spacial score (nSPS) is 12.1. The molecule has 1 N–H and O–H groups in total. The number of hydrogen-bond acceptors (Lipinski definition) is 7. The zero-order chi connectivity index (χ0) is 26.6. The summed E-state index contributed by atoms with van der Waals surface area (Å²) < 4.78 is 9.24. The molecular formula is C29H29N5O2S2. The fraction of sp³-hybridized carbons (Fsp3) is 0.241. The zero-order valence-corrected chi connectivity index (χ0v) is 23.3. The number of thiazole rings is 1. The molecule has 0 aliphatic heterocycles. The summed E-state index contributed by atoms with van der Waals surface area (Å²) in [5, 5.41) is 13.0. The number of nitrogens with one attached hydrogen (secondary N) is 1. The van der Waals surface area contributed by atoms with E-state index in [0.29, 0.717) is 22.0 Å². The van der Waals surface area contributed by atoms with E-state index in [2.05, 4.69) is 46.5 Å². The third-order valence-electron chi connectivity index (χ3n) is 6.10. The lowest BCUT2D eigenvalue weighted by Gasteiger charge is -2.17. The predicted octanol–water partition coefficient (Wildman–Crippen LogP) is 7.18. The van der Waals surface area contributed by atoms with Crippen LogP contribution in [0.25, 0.3) is 15.9 Å². The van der Waals surface area contributed by atoms with Crippen molar-refractivity contribution in [3.63, 3.8) is 0 Å². The first-order chi connectivity index (χ1) is 18.4. The third-order valence-corrected chi connectivity index (χ3v) is 7.96. The summed E-state index contributed by atoms with van der Waals surface area (Å²) in [6.45, 7) is 8.31. The molecule has 0 saturated carbocycles. The minimum Gasteiger partial charge on any atom is -0.483 e. The quantitative estimate of drug-likeness (QED) is 0.198. The molecule has 5 rings (SSSR count). The second-order valence-corrected chi connectivity index (χ2v) is 11.2. The van der Waals surface area contributed by atoms with Crippen molar-refractivity contribution in [2.75, 3.05) is 11.1 Å². The van der Waals surface area contributed by atoms with E-state index in [9.17, 15) is 4.79 Å². The monoisotopic (exact) mass is 543 g/mol. The number of hydrogen-bond donors (Lipinski definition) is 1. The molecule has 0 bridgehead atoms. The van der Waals surface area contributed by atoms with Gasteiger partial charge >= 0.3 is 0 Å². The number of fused-ring (bicyclic) bond motifs is 1. The zero-order valence-electron chi connectivity index (χ0n) is 21.7. The van der Waals surface area contributed by atoms with Crippen molar-refractivity contribution in [1.29, 1.82) is 0 Å². The van der Waals surface area contributed by atoms with Crippen LogP contribution in [0.2, 0.25) is 0 Å². The average molecular weight is 544 g/mol. The number of carbonyl (C=O) groups is 1. The molecule has 2 aromatic heterocycles. The summed E-state index contributed by atoms with van der Waals surface area (Å²) in [5.74, 6) is 1.91. The summed E-state index contributed by atoms with van der Waals surface area (Å²) in [5.41, 5.74) is 4.17. The number of benzene rings is 3. The van der Waals surface area contributed by atoms with Gasteiger partial charge in [-0.1, -0.05) is 79.4 Å². The lowest BCUT2D eigenvalue weighted by molar-refractivity contribution is -0.113. The van der Waals surface area contributed by atoms with Gasteiger partial charge in [-0.15, -0.1) is 10.2 Å². The maximum Gasteiger partial charge on any atom is 0.236 e. The van der Waals surface area contributed by atoms with Gasteiger partial charge in [-0.25, -0.2) is 4.98 Å². The predicted molar refractivity (Wildman–Crippen MR) is 155 cm³/mol. The second-order valence-electron chi connectivity index (χ2n) is 9.27. The van der Waals surface area contributed by atoms with E-state index in [1.165, 1.54) is 28.7 Å². The van der Waals surface area contributed by atoms with Crippen molar-refractivity contribution in [1.82, 2.24) is 19.7 Å². The SMILES string of the molecule is Cc1cccc2sc(NC(=O)CSc3nnc(C(C)Oc4ccc(C(C)C)cc4)n3-c3ccccc3)nc12. The summed E-state index contributed by atoms with van der Waals surface area (Å²) in [6.07, 6.45) is -0.359. The van der Waals surface area contributed by atoms with E-state index < -0.39 is 0 Å². The molecule has 0 spiro atoms. The highest BCUT2D eigenvalue weighted by molar-refractivity contribution is 7.99. The Morgan fingerprint density at radius 2 is 1.76 bits per heavy atom. The number of thioether (sulfide) groups is 1. The molecule has 1 amide bonds. The van der Waals surface area contributed by atoms with E-state index in [4.69, 9.17) is 4.74 Å². The Morgan fingerprint density at radius 1 is 1.00 bits per heavy atom. The van der Waals surface area contributed by atoms with Crippen LogP contribution in [0.15, 0.2) is 78.0 Å². The highest BCUT2D eigenvalue weighted by Gasteiger charge is 2.22. The number of amides is 1. The van der Waals surface area contributed by atoms with Crippen LogP contribution < -0.4 is 10.1 Å². The fourth-order valence-corrected chi connectivity index (χ4v) is 5.79. The highest BCUT2D eigenvalue weighted by Crippen LogP contribution is 2.30. The van der Waals surface area contributed by atoms with Crippen LogP contribution in [0.5, 0.6) is 5.75 Å². The first-order valence-corrected chi connectivity index (χ1v) is 14.3. The van der Waals surface area contributed by atoms with Gasteiger partial charge in [0.1, 0.15) is 5.75 Å². The van der Waals surface area contributed by atoms with Crippen molar-refractivity contribution >= 4 is 44.4 Å². The number of para-hydroxylation sites is 2. The van der Waals surface area contributed by atoms with Gasteiger partial charge in [0.25, 0.3) is 0 Å². The van der Waals surface area contributed by atoms with Crippen LogP contribution >= 0.6 is 23.1 Å². The topological polar surface area (TPSA) is 81.9 Å². The molecule has 1 unspecified atom stereocenters. The van der Waals surface area contributed by atoms with Crippen molar-refractivity contribution in [2.45, 2.75) is 44.9 Å². The van der Waals surface area contributed by atoms with Crippen LogP contribution in [0.3, 0.4) is 0 Å². The number of nitrogens with zero attached hydrogens (tertiary/aromatic N) is 4. The highest BCUT2D eigenvalue weighted by atomic mass is 32.2. The van der Waals surface area contributed by atoms with E-state index in [0.717, 1.165) is 27.2 Å². The molecule has 3 aromatic carbocycles. The molecule has 1 atom stereocenters. The minimum absolute atomic E-state index is 0.148. The average Bonchev–Trinajstić information content (AvgIpc) is 3.53. The molecular weight excluding hydrogens is 514 g/mol. The van der Waals surface area contributed by atoms with Crippen molar-refractivity contribution in [3.05, 3.63) is 89.7 Å². The number of aromatic nitrogens is 4. The maximum atomic E-state index is 12.8. The van der Waals surface area contributed by atoms with Gasteiger partial charge in [0.05, 0.1) is 16.0 Å². The first kappa shape index (κ1) is 25.9. The van der Waals surface area contributed by atoms with E-state index in [1.807, 2.05) is 79.1 Å². The number of aryl methyl sites for hydroxylation is 1. The van der Waals surface area contributed by atoms with Gasteiger partial charge in [-0.05, 0) is 61.2 Å². The van der Waals surface area contributed by atoms with E-state index in [1.54, 1.807) is 0 Å². The Balaban J connectivity index is 1.33. The van der Waals surface area contributed by atoms with Gasteiger partial charge in [0.15, 0.2) is 22.2 Å². The van der Waals surface area contributed by atoms with Gasteiger partial charge in [0.2, 0.25) is 5.91 Å². The van der Waals surface area contributed by atoms with E-state index >= 15 is 0 Å². The minimum atomic E-state index is -0.359. The Bertz CT molecular complexity index is 1540. The molecule has 0 aliphatic rings. The lowest BCUT2D eigenvalue weighted by atomic mass is 10.0. The molecule has 9 heteroatoms. The Hall–Kier alpha value is -3.69. The smallest absolute Gasteiger partial charge is 0.236 e. The molecule has 5 aromatic rings. The van der Waals surface area contributed by atoms with Gasteiger partial charge in [-0.2, -0.15) is 0 Å². The van der Waals surface area contributed by atoms with Gasteiger partial charge < -0.3 is 10.1 Å². The van der Waals surface area contributed by atoms with Crippen molar-refractivity contribution in [3.8, 4) is 11.4 Å². The van der Waals surface area contributed by atoms with Crippen LogP contribution in [0.1, 0.15) is 49.7 Å². The Morgan fingerprint density at radius 3 is 2.47 bits per heavy atom. The number of carbonyl (C=O) groups excluding carboxylic acids is 1. The number of anilines is 1. The molecule has 0 radical (unpaired) electrons. The molecule has 38 heavy (non-hydrogen) atoms. The second kappa shape index (κ2) is 11.4. The number of ether oxygens (including phenoxy) is 1. The fourth-order valence-electron chi connectivity index (χ4n) is 4.07. The molecule has 0 aliphatic carbocycles. The number of rotatable bonds is 9. The molecule has 0 saturated heterocycles. The largest absolute Gasteiger partial charge is 0.483 e. The lowest BCUT2D eigenvalue weighted by Crippen LogP contribution is -2.15. The van der Waals surface area contributed by atoms with Crippen molar-refractivity contribution < 1.29 is 9.53 Å². The standard InChI is InChI=1S/C29H29N5O2S2/c1-18(2)21-13-15-23(16-14-21)36-20(4)27-32-33-29(34(27)22-10-6-5-7-11-22)37-17-25(35)30-28-31-26-19(3)9-8-12-24(26)38-28/h5-16,18,20H,17H2,1-4H3,(H,30,31,35). The van der Waals surface area contributed by atoms with Crippen LogP contribution in [0.4, 0.5) is 5.13 Å². The van der Waals surface area contributed by atoms with Gasteiger partial charge in [-0.3, -0.25) is 9.36 Å². The van der Waals surface area contributed by atoms with Crippen molar-refractivity contribution in [2.24, 2.45) is 0 Å².